The van der Waals surface area contributed by atoms with E-state index in [1.807, 2.05) is 32.0 Å². The van der Waals surface area contributed by atoms with Gasteiger partial charge in [0, 0.05) is 5.56 Å². The summed E-state index contributed by atoms with van der Waals surface area (Å²) in [6, 6.07) is 5.98. The van der Waals surface area contributed by atoms with Crippen molar-refractivity contribution in [2.24, 2.45) is 0 Å². The summed E-state index contributed by atoms with van der Waals surface area (Å²) in [5.74, 6) is 0.0574. The van der Waals surface area contributed by atoms with E-state index in [4.69, 9.17) is 0 Å². The van der Waals surface area contributed by atoms with Crippen LogP contribution in [0.1, 0.15) is 42.3 Å². The first-order valence-corrected chi connectivity index (χ1v) is 7.69. The first-order valence-electron chi connectivity index (χ1n) is 7.69. The Morgan fingerprint density at radius 3 is 2.00 bits per heavy atom. The smallest absolute Gasteiger partial charge is 0.252 e. The van der Waals surface area contributed by atoms with Crippen LogP contribution in [-0.2, 0) is 0 Å². The maximum absolute atomic E-state index is 12.3. The number of benzene rings is 1. The van der Waals surface area contributed by atoms with Crippen LogP contribution in [-0.4, -0.2) is 43.1 Å². The molecule has 0 bridgehead atoms. The lowest BCUT2D eigenvalue weighted by molar-refractivity contribution is -0.922. The van der Waals surface area contributed by atoms with Crippen molar-refractivity contribution >= 4 is 5.91 Å². The van der Waals surface area contributed by atoms with Crippen LogP contribution in [0.3, 0.4) is 0 Å². The van der Waals surface area contributed by atoms with Gasteiger partial charge < -0.3 is 9.80 Å². The Bertz CT molecular complexity index is 422. The lowest BCUT2D eigenvalue weighted by atomic mass is 10.0. The van der Waals surface area contributed by atoms with E-state index < -0.39 is 0 Å². The molecule has 1 aromatic carbocycles. The molecule has 0 fully saturated rings. The molecule has 0 unspecified atom stereocenters. The average molecular weight is 277 g/mol. The van der Waals surface area contributed by atoms with E-state index in [9.17, 15) is 4.79 Å². The van der Waals surface area contributed by atoms with Gasteiger partial charge >= 0.3 is 0 Å². The van der Waals surface area contributed by atoms with Crippen molar-refractivity contribution in [1.82, 2.24) is 5.32 Å². The van der Waals surface area contributed by atoms with Crippen molar-refractivity contribution in [3.8, 4) is 0 Å². The largest absolute Gasteiger partial charge is 0.346 e. The minimum atomic E-state index is 0.0574. The molecule has 0 spiro atoms. The molecule has 112 valence electrons. The second-order valence-electron chi connectivity index (χ2n) is 5.54. The summed E-state index contributed by atoms with van der Waals surface area (Å²) in [5, 5.41) is 3.08. The molecule has 0 radical (unpaired) electrons. The van der Waals surface area contributed by atoms with Crippen molar-refractivity contribution in [2.45, 2.75) is 34.6 Å². The fourth-order valence-electron chi connectivity index (χ4n) is 2.81. The topological polar surface area (TPSA) is 29.1 Å². The monoisotopic (exact) mass is 277 g/mol. The lowest BCUT2D eigenvalue weighted by Crippen LogP contribution is -2.51. The van der Waals surface area contributed by atoms with E-state index in [0.717, 1.165) is 53.9 Å². The second-order valence-corrected chi connectivity index (χ2v) is 5.54. The van der Waals surface area contributed by atoms with Gasteiger partial charge in [-0.15, -0.1) is 0 Å². The summed E-state index contributed by atoms with van der Waals surface area (Å²) in [5.41, 5.74) is 2.92. The third-order valence-electron chi connectivity index (χ3n) is 4.59. The number of amides is 1. The van der Waals surface area contributed by atoms with Gasteiger partial charge in [-0.3, -0.25) is 4.79 Å². The molecule has 0 heterocycles. The van der Waals surface area contributed by atoms with Gasteiger partial charge in [0.25, 0.3) is 5.91 Å². The van der Waals surface area contributed by atoms with Crippen LogP contribution in [0.15, 0.2) is 18.2 Å². The van der Waals surface area contributed by atoms with E-state index in [-0.39, 0.29) is 5.91 Å². The summed E-state index contributed by atoms with van der Waals surface area (Å²) >= 11 is 0. The van der Waals surface area contributed by atoms with Gasteiger partial charge in [-0.25, -0.2) is 0 Å². The number of hydrogen-bond acceptors (Lipinski definition) is 1. The van der Waals surface area contributed by atoms with Crippen LogP contribution < -0.4 is 5.32 Å². The third kappa shape index (κ3) is 3.83. The van der Waals surface area contributed by atoms with Crippen molar-refractivity contribution in [2.75, 3.05) is 32.7 Å². The maximum atomic E-state index is 12.3. The minimum Gasteiger partial charge on any atom is -0.346 e. The summed E-state index contributed by atoms with van der Waals surface area (Å²) in [6.07, 6.45) is 0. The van der Waals surface area contributed by atoms with Crippen LogP contribution in [0.25, 0.3) is 0 Å². The van der Waals surface area contributed by atoms with Gasteiger partial charge in [0.1, 0.15) is 0 Å². The lowest BCUT2D eigenvalue weighted by Gasteiger charge is -2.35. The van der Waals surface area contributed by atoms with Gasteiger partial charge in [0.05, 0.1) is 32.7 Å². The molecule has 3 heteroatoms. The zero-order chi connectivity index (χ0) is 15.2. The highest BCUT2D eigenvalue weighted by molar-refractivity contribution is 5.97. The molecule has 1 amide bonds. The van der Waals surface area contributed by atoms with E-state index in [2.05, 4.69) is 26.1 Å². The van der Waals surface area contributed by atoms with Gasteiger partial charge in [-0.05, 0) is 45.7 Å². The van der Waals surface area contributed by atoms with Gasteiger partial charge in [-0.2, -0.15) is 0 Å². The van der Waals surface area contributed by atoms with Gasteiger partial charge in [0.15, 0.2) is 0 Å². The van der Waals surface area contributed by atoms with Gasteiger partial charge in [-0.1, -0.05) is 18.2 Å². The van der Waals surface area contributed by atoms with Crippen molar-refractivity contribution in [3.63, 3.8) is 0 Å². The Morgan fingerprint density at radius 2 is 1.55 bits per heavy atom. The van der Waals surface area contributed by atoms with Crippen LogP contribution >= 0.6 is 0 Å². The van der Waals surface area contributed by atoms with Crippen LogP contribution in [0.2, 0.25) is 0 Å². The molecule has 0 saturated carbocycles. The van der Waals surface area contributed by atoms with Gasteiger partial charge in [0.2, 0.25) is 0 Å². The zero-order valence-electron chi connectivity index (χ0n) is 13.6. The summed E-state index contributed by atoms with van der Waals surface area (Å²) in [7, 11) is 0. The molecule has 1 rings (SSSR count). The van der Waals surface area contributed by atoms with Crippen LogP contribution in [0, 0.1) is 13.8 Å². The number of quaternary nitrogens is 1. The Kier molecular flexibility index (Phi) is 6.21. The highest BCUT2D eigenvalue weighted by Crippen LogP contribution is 2.13. The summed E-state index contributed by atoms with van der Waals surface area (Å²) < 4.78 is 1.06. The maximum Gasteiger partial charge on any atom is 0.252 e. The van der Waals surface area contributed by atoms with E-state index >= 15 is 0 Å². The Balaban J connectivity index is 2.65. The number of likely N-dealkylation sites (N-methyl/N-ethyl adjacent to an activating group) is 1. The number of carbonyl (C=O) groups is 1. The SMILES string of the molecule is CC[N+](CC)(CC)CCNC(=O)c1c(C)cccc1C. The molecule has 3 nitrogen and oxygen atoms in total. The molecule has 1 N–H and O–H groups in total. The average Bonchev–Trinajstić information content (AvgIpc) is 2.44. The summed E-state index contributed by atoms with van der Waals surface area (Å²) in [6.45, 7) is 15.7. The normalized spacial score (nSPS) is 11.4. The first kappa shape index (κ1) is 16.7. The number of nitrogens with one attached hydrogen (secondary N) is 1. The Morgan fingerprint density at radius 1 is 1.05 bits per heavy atom. The van der Waals surface area contributed by atoms with E-state index in [1.165, 1.54) is 0 Å². The third-order valence-corrected chi connectivity index (χ3v) is 4.59. The van der Waals surface area contributed by atoms with Crippen molar-refractivity contribution in [3.05, 3.63) is 34.9 Å². The minimum absolute atomic E-state index is 0.0574. The molecule has 0 saturated heterocycles. The number of aryl methyl sites for hydroxylation is 2. The number of nitrogens with zero attached hydrogens (tertiary/aromatic N) is 1. The van der Waals surface area contributed by atoms with E-state index in [1.54, 1.807) is 0 Å². The second kappa shape index (κ2) is 7.44. The fourth-order valence-corrected chi connectivity index (χ4v) is 2.81. The number of carbonyl (C=O) groups excluding carboxylic acids is 1. The van der Waals surface area contributed by atoms with Crippen LogP contribution in [0.4, 0.5) is 0 Å². The predicted octanol–water partition coefficient (Wildman–Crippen LogP) is 2.91. The standard InChI is InChI=1S/C17H28N2O/c1-6-19(7-2,8-3)13-12-18-17(20)16-14(4)10-9-11-15(16)5/h9-11H,6-8,12-13H2,1-5H3/p+1. The first-order chi connectivity index (χ1) is 9.49. The molecule has 0 atom stereocenters. The zero-order valence-corrected chi connectivity index (χ0v) is 13.6. The Labute approximate surface area is 123 Å². The molecule has 0 aliphatic heterocycles. The molecule has 1 aromatic rings. The number of hydrogen-bond donors (Lipinski definition) is 1. The molecular formula is C17H29N2O+. The number of rotatable bonds is 7. The molecule has 0 aliphatic rings. The van der Waals surface area contributed by atoms with E-state index in [0.29, 0.717) is 0 Å². The van der Waals surface area contributed by atoms with Crippen LogP contribution in [0.5, 0.6) is 0 Å². The molecule has 20 heavy (non-hydrogen) atoms. The predicted molar refractivity (Wildman–Crippen MR) is 85.0 cm³/mol. The molecular weight excluding hydrogens is 248 g/mol. The molecule has 0 aromatic heterocycles. The van der Waals surface area contributed by atoms with Crippen molar-refractivity contribution in [1.29, 1.82) is 0 Å². The van der Waals surface area contributed by atoms with Crippen molar-refractivity contribution < 1.29 is 9.28 Å². The summed E-state index contributed by atoms with van der Waals surface area (Å²) in [4.78, 5) is 12.3. The fraction of sp³-hybridized carbons (Fsp3) is 0.588. The quantitative estimate of drug-likeness (QED) is 0.763. The Hall–Kier alpha value is -1.35. The molecule has 0 aliphatic carbocycles. The highest BCUT2D eigenvalue weighted by atomic mass is 16.1. The highest BCUT2D eigenvalue weighted by Gasteiger charge is 2.20.